The summed E-state index contributed by atoms with van der Waals surface area (Å²) >= 11 is 5.40. The number of ether oxygens (including phenoxy) is 1. The summed E-state index contributed by atoms with van der Waals surface area (Å²) in [4.78, 5) is 0. The van der Waals surface area contributed by atoms with Crippen molar-refractivity contribution in [3.8, 4) is 0 Å². The molecule has 1 aliphatic heterocycles. The van der Waals surface area contributed by atoms with E-state index in [1.54, 1.807) is 0 Å². The number of hydrogen-bond acceptors (Lipinski definition) is 4. The Morgan fingerprint density at radius 3 is 2.80 bits per heavy atom. The number of aliphatic hydroxyl groups is 1. The smallest absolute Gasteiger partial charge is 0.211 e. The van der Waals surface area contributed by atoms with Gasteiger partial charge in [0.25, 0.3) is 0 Å². The molecule has 0 radical (unpaired) electrons. The molecule has 1 unspecified atom stereocenters. The normalized spacial score (nSPS) is 27.1. The zero-order chi connectivity index (χ0) is 11.4. The zero-order valence-corrected chi connectivity index (χ0v) is 9.98. The Bertz CT molecular complexity index is 287. The van der Waals surface area contributed by atoms with Crippen molar-refractivity contribution >= 4 is 21.6 Å². The van der Waals surface area contributed by atoms with E-state index < -0.39 is 15.6 Å². The molecule has 0 spiro atoms. The fourth-order valence-corrected chi connectivity index (χ4v) is 2.75. The van der Waals surface area contributed by atoms with Crippen molar-refractivity contribution in [1.29, 1.82) is 0 Å². The van der Waals surface area contributed by atoms with E-state index in [0.717, 1.165) is 0 Å². The molecule has 1 heterocycles. The third-order valence-electron chi connectivity index (χ3n) is 2.25. The molecule has 1 atom stereocenters. The van der Waals surface area contributed by atoms with Crippen LogP contribution in [0.1, 0.15) is 12.8 Å². The fourth-order valence-electron chi connectivity index (χ4n) is 1.30. The van der Waals surface area contributed by atoms with Gasteiger partial charge in [-0.3, -0.25) is 0 Å². The summed E-state index contributed by atoms with van der Waals surface area (Å²) < 4.78 is 30.1. The first kappa shape index (κ1) is 13.2. The molecule has 0 aromatic heterocycles. The SMILES string of the molecule is O=S(=O)(CCCCl)NCC1(O)CCOC1. The second kappa shape index (κ2) is 5.45. The first-order valence-electron chi connectivity index (χ1n) is 4.81. The highest BCUT2D eigenvalue weighted by Crippen LogP contribution is 2.17. The van der Waals surface area contributed by atoms with Gasteiger partial charge in [-0.2, -0.15) is 0 Å². The van der Waals surface area contributed by atoms with E-state index >= 15 is 0 Å². The molecule has 0 bridgehead atoms. The molecule has 0 aromatic carbocycles. The summed E-state index contributed by atoms with van der Waals surface area (Å²) in [6, 6.07) is 0. The largest absolute Gasteiger partial charge is 0.386 e. The van der Waals surface area contributed by atoms with Crippen LogP contribution in [0.3, 0.4) is 0 Å². The Kier molecular flexibility index (Phi) is 4.79. The highest BCUT2D eigenvalue weighted by molar-refractivity contribution is 7.89. The number of alkyl halides is 1. The van der Waals surface area contributed by atoms with E-state index in [0.29, 0.717) is 25.3 Å². The number of sulfonamides is 1. The predicted octanol–water partition coefficient (Wildman–Crippen LogP) is -0.314. The van der Waals surface area contributed by atoms with Gasteiger partial charge in [0.05, 0.1) is 12.4 Å². The average molecular weight is 258 g/mol. The molecule has 0 saturated carbocycles. The van der Waals surface area contributed by atoms with E-state index in [1.165, 1.54) is 0 Å². The van der Waals surface area contributed by atoms with E-state index in [4.69, 9.17) is 16.3 Å². The Morgan fingerprint density at radius 1 is 1.53 bits per heavy atom. The lowest BCUT2D eigenvalue weighted by Gasteiger charge is -2.20. The number of nitrogens with one attached hydrogen (secondary N) is 1. The maximum absolute atomic E-state index is 11.4. The molecule has 5 nitrogen and oxygen atoms in total. The maximum atomic E-state index is 11.4. The molecule has 0 aromatic rings. The molecule has 1 fully saturated rings. The van der Waals surface area contributed by atoms with Crippen LogP contribution >= 0.6 is 11.6 Å². The molecule has 15 heavy (non-hydrogen) atoms. The van der Waals surface area contributed by atoms with Crippen LogP contribution in [0, 0.1) is 0 Å². The lowest BCUT2D eigenvalue weighted by molar-refractivity contribution is 0.0314. The molecule has 2 N–H and O–H groups in total. The molecule has 1 rings (SSSR count). The summed E-state index contributed by atoms with van der Waals surface area (Å²) in [6.45, 7) is 0.669. The molecule has 90 valence electrons. The van der Waals surface area contributed by atoms with Gasteiger partial charge < -0.3 is 9.84 Å². The van der Waals surface area contributed by atoms with Crippen LogP contribution in [0.15, 0.2) is 0 Å². The molecular formula is C8H16ClNO4S. The number of halogens is 1. The Labute approximate surface area is 94.8 Å². The van der Waals surface area contributed by atoms with Gasteiger partial charge in [-0.25, -0.2) is 13.1 Å². The fraction of sp³-hybridized carbons (Fsp3) is 1.00. The van der Waals surface area contributed by atoms with Gasteiger partial charge in [-0.15, -0.1) is 11.6 Å². The van der Waals surface area contributed by atoms with Crippen molar-refractivity contribution in [3.05, 3.63) is 0 Å². The van der Waals surface area contributed by atoms with E-state index in [9.17, 15) is 13.5 Å². The van der Waals surface area contributed by atoms with Gasteiger partial charge in [0.15, 0.2) is 0 Å². The second-order valence-corrected chi connectivity index (χ2v) is 6.01. The van der Waals surface area contributed by atoms with E-state index in [-0.39, 0.29) is 18.9 Å². The van der Waals surface area contributed by atoms with Gasteiger partial charge in [0.1, 0.15) is 5.60 Å². The summed E-state index contributed by atoms with van der Waals surface area (Å²) in [7, 11) is -3.32. The lowest BCUT2D eigenvalue weighted by Crippen LogP contribution is -2.44. The van der Waals surface area contributed by atoms with E-state index in [2.05, 4.69) is 4.72 Å². The van der Waals surface area contributed by atoms with Gasteiger partial charge >= 0.3 is 0 Å². The van der Waals surface area contributed by atoms with Crippen molar-refractivity contribution in [1.82, 2.24) is 4.72 Å². The van der Waals surface area contributed by atoms with Crippen LogP contribution in [0.2, 0.25) is 0 Å². The molecule has 0 aliphatic carbocycles. The monoisotopic (exact) mass is 257 g/mol. The van der Waals surface area contributed by atoms with E-state index in [1.807, 2.05) is 0 Å². The standard InChI is InChI=1S/C8H16ClNO4S/c9-3-1-5-15(12,13)10-6-8(11)2-4-14-7-8/h10-11H,1-7H2. The van der Waals surface area contributed by atoms with Gasteiger partial charge in [0, 0.05) is 25.5 Å². The molecule has 0 amide bonds. The first-order valence-corrected chi connectivity index (χ1v) is 7.00. The first-order chi connectivity index (χ1) is 6.97. The third-order valence-corrected chi connectivity index (χ3v) is 3.93. The van der Waals surface area contributed by atoms with Crippen LogP contribution < -0.4 is 4.72 Å². The predicted molar refractivity (Wildman–Crippen MR) is 57.5 cm³/mol. The summed E-state index contributed by atoms with van der Waals surface area (Å²) in [5.74, 6) is 0.307. The van der Waals surface area contributed by atoms with Crippen molar-refractivity contribution in [2.45, 2.75) is 18.4 Å². The zero-order valence-electron chi connectivity index (χ0n) is 8.41. The van der Waals surface area contributed by atoms with Crippen molar-refractivity contribution in [2.75, 3.05) is 31.4 Å². The molecular weight excluding hydrogens is 242 g/mol. The second-order valence-electron chi connectivity index (χ2n) is 3.71. The maximum Gasteiger partial charge on any atom is 0.211 e. The van der Waals surface area contributed by atoms with Crippen LogP contribution in [0.4, 0.5) is 0 Å². The van der Waals surface area contributed by atoms with Crippen molar-refractivity contribution in [3.63, 3.8) is 0 Å². The summed E-state index contributed by atoms with van der Waals surface area (Å²) in [6.07, 6.45) is 0.872. The topological polar surface area (TPSA) is 75.6 Å². The summed E-state index contributed by atoms with van der Waals surface area (Å²) in [5.41, 5.74) is -1.05. The minimum Gasteiger partial charge on any atom is -0.386 e. The lowest BCUT2D eigenvalue weighted by atomic mass is 10.1. The minimum absolute atomic E-state index is 0.00651. The number of rotatable bonds is 6. The highest BCUT2D eigenvalue weighted by atomic mass is 35.5. The summed E-state index contributed by atoms with van der Waals surface area (Å²) in [5, 5.41) is 9.80. The van der Waals surface area contributed by atoms with Crippen LogP contribution in [0.5, 0.6) is 0 Å². The van der Waals surface area contributed by atoms with Crippen molar-refractivity contribution < 1.29 is 18.3 Å². The van der Waals surface area contributed by atoms with Crippen LogP contribution in [-0.4, -0.2) is 50.5 Å². The van der Waals surface area contributed by atoms with Crippen molar-refractivity contribution in [2.24, 2.45) is 0 Å². The van der Waals surface area contributed by atoms with Gasteiger partial charge in [-0.1, -0.05) is 0 Å². The van der Waals surface area contributed by atoms with Crippen LogP contribution in [0.25, 0.3) is 0 Å². The minimum atomic E-state index is -3.32. The quantitative estimate of drug-likeness (QED) is 0.640. The molecule has 7 heteroatoms. The molecule has 1 saturated heterocycles. The Hall–Kier alpha value is 0.120. The van der Waals surface area contributed by atoms with Gasteiger partial charge in [0.2, 0.25) is 10.0 Å². The number of hydrogen-bond donors (Lipinski definition) is 2. The Balaban J connectivity index is 2.35. The molecule has 1 aliphatic rings. The van der Waals surface area contributed by atoms with Gasteiger partial charge in [-0.05, 0) is 6.42 Å². The average Bonchev–Trinajstić information content (AvgIpc) is 2.61. The Morgan fingerprint density at radius 2 is 2.27 bits per heavy atom. The highest BCUT2D eigenvalue weighted by Gasteiger charge is 2.33. The van der Waals surface area contributed by atoms with Crippen LogP contribution in [-0.2, 0) is 14.8 Å². The third kappa shape index (κ3) is 4.65.